The second-order valence-corrected chi connectivity index (χ2v) is 10.6. The van der Waals surface area contributed by atoms with Gasteiger partial charge in [0.25, 0.3) is 0 Å². The van der Waals surface area contributed by atoms with Crippen LogP contribution in [0.3, 0.4) is 0 Å². The third kappa shape index (κ3) is 7.00. The lowest BCUT2D eigenvalue weighted by atomic mass is 9.91. The van der Waals surface area contributed by atoms with E-state index in [1.165, 1.54) is 5.56 Å². The van der Waals surface area contributed by atoms with E-state index in [1.54, 1.807) is 34.7 Å². The first-order chi connectivity index (χ1) is 21.0. The fourth-order valence-electron chi connectivity index (χ4n) is 5.91. The molecule has 0 spiro atoms. The molecule has 2 atom stereocenters. The summed E-state index contributed by atoms with van der Waals surface area (Å²) in [6.07, 6.45) is 4.33. The molecule has 0 bridgehead atoms. The summed E-state index contributed by atoms with van der Waals surface area (Å²) in [5.74, 6) is 3.26. The molecule has 3 aromatic rings. The number of aryl methyl sites for hydroxylation is 1. The molecule has 0 saturated carbocycles. The molecule has 1 amide bonds. The Labute approximate surface area is 253 Å². The van der Waals surface area contributed by atoms with E-state index >= 15 is 0 Å². The molecule has 0 aliphatic carbocycles. The van der Waals surface area contributed by atoms with Gasteiger partial charge in [0, 0.05) is 19.0 Å². The van der Waals surface area contributed by atoms with E-state index in [4.69, 9.17) is 28.4 Å². The van der Waals surface area contributed by atoms with Gasteiger partial charge in [-0.2, -0.15) is 0 Å². The molecule has 1 N–H and O–H groups in total. The Bertz CT molecular complexity index is 1430. The van der Waals surface area contributed by atoms with Crippen LogP contribution in [0.1, 0.15) is 41.1 Å². The average Bonchev–Trinajstić information content (AvgIpc) is 3.51. The Kier molecular flexibility index (Phi) is 9.94. The summed E-state index contributed by atoms with van der Waals surface area (Å²) >= 11 is 0. The molecule has 0 aromatic heterocycles. The zero-order valence-corrected chi connectivity index (χ0v) is 25.3. The second kappa shape index (κ2) is 14.2. The summed E-state index contributed by atoms with van der Waals surface area (Å²) in [7, 11) is 6.56. The monoisotopic (exact) mass is 588 g/mol. The van der Waals surface area contributed by atoms with Crippen LogP contribution in [-0.2, 0) is 33.7 Å². The lowest BCUT2D eigenvalue weighted by Crippen LogP contribution is -2.49. The first kappa shape index (κ1) is 30.1. The smallest absolute Gasteiger partial charge is 0.238 e. The molecule has 43 heavy (non-hydrogen) atoms. The van der Waals surface area contributed by atoms with Gasteiger partial charge in [-0.3, -0.25) is 9.69 Å². The van der Waals surface area contributed by atoms with Crippen LogP contribution in [0.15, 0.2) is 72.7 Å². The summed E-state index contributed by atoms with van der Waals surface area (Å²) < 4.78 is 33.6. The van der Waals surface area contributed by atoms with E-state index in [1.807, 2.05) is 48.5 Å². The van der Waals surface area contributed by atoms with Gasteiger partial charge in [0.15, 0.2) is 23.0 Å². The van der Waals surface area contributed by atoms with E-state index in [-0.39, 0.29) is 18.7 Å². The molecule has 228 valence electrons. The minimum atomic E-state index is -0.513. The highest BCUT2D eigenvalue weighted by Crippen LogP contribution is 2.41. The highest BCUT2D eigenvalue weighted by molar-refractivity contribution is 5.82. The number of carbonyl (C=O) groups excluding carboxylic acids is 1. The number of nitrogens with zero attached hydrogens (tertiary/aromatic N) is 1. The van der Waals surface area contributed by atoms with Crippen molar-refractivity contribution in [2.24, 2.45) is 0 Å². The Morgan fingerprint density at radius 2 is 1.63 bits per heavy atom. The topological polar surface area (TPSA) is 87.7 Å². The molecule has 2 aliphatic heterocycles. The summed E-state index contributed by atoms with van der Waals surface area (Å²) in [6, 6.07) is 19.4. The summed E-state index contributed by atoms with van der Waals surface area (Å²) in [5, 5.41) is 3.19. The van der Waals surface area contributed by atoms with E-state index < -0.39 is 6.04 Å². The molecule has 9 nitrogen and oxygen atoms in total. The number of benzene rings is 3. The number of carbonyl (C=O) groups is 1. The van der Waals surface area contributed by atoms with Crippen LogP contribution in [0, 0.1) is 0 Å². The summed E-state index contributed by atoms with van der Waals surface area (Å²) in [5.41, 5.74) is 4.37. The molecule has 0 radical (unpaired) electrons. The SMILES string of the molecule is COc1ccc(CC2c3cc(OC)c(OC)cc3CCCN2C(CC2=COCO2)C(=O)NCc2ccccc2)cc1OC. The van der Waals surface area contributed by atoms with Gasteiger partial charge in [-0.1, -0.05) is 36.4 Å². The molecule has 2 unspecified atom stereocenters. The zero-order chi connectivity index (χ0) is 30.2. The Hall–Kier alpha value is -4.37. The molecule has 3 aromatic carbocycles. The van der Waals surface area contributed by atoms with E-state index in [0.29, 0.717) is 54.7 Å². The van der Waals surface area contributed by atoms with E-state index in [9.17, 15) is 4.79 Å². The maximum absolute atomic E-state index is 14.1. The normalized spacial score (nSPS) is 16.9. The van der Waals surface area contributed by atoms with Crippen molar-refractivity contribution in [3.05, 3.63) is 94.9 Å². The highest BCUT2D eigenvalue weighted by Gasteiger charge is 2.37. The molecule has 0 saturated heterocycles. The average molecular weight is 589 g/mol. The van der Waals surface area contributed by atoms with Gasteiger partial charge in [0.1, 0.15) is 12.0 Å². The largest absolute Gasteiger partial charge is 0.493 e. The minimum Gasteiger partial charge on any atom is -0.493 e. The summed E-state index contributed by atoms with van der Waals surface area (Å²) in [6.45, 7) is 1.29. The van der Waals surface area contributed by atoms with Gasteiger partial charge >= 0.3 is 0 Å². The van der Waals surface area contributed by atoms with Crippen LogP contribution >= 0.6 is 0 Å². The van der Waals surface area contributed by atoms with Crippen molar-refractivity contribution >= 4 is 5.91 Å². The quantitative estimate of drug-likeness (QED) is 0.310. The number of amides is 1. The van der Waals surface area contributed by atoms with E-state index in [0.717, 1.165) is 29.5 Å². The van der Waals surface area contributed by atoms with Gasteiger partial charge in [-0.15, -0.1) is 0 Å². The lowest BCUT2D eigenvalue weighted by molar-refractivity contribution is -0.128. The van der Waals surface area contributed by atoms with Crippen LogP contribution in [-0.4, -0.2) is 58.6 Å². The molecule has 5 rings (SSSR count). The van der Waals surface area contributed by atoms with Gasteiger partial charge in [-0.25, -0.2) is 0 Å². The number of hydrogen-bond acceptors (Lipinski definition) is 8. The standard InChI is InChI=1S/C34H40N2O7/c1-38-30-13-12-24(16-31(30)39-2)15-28-27-19-33(41-4)32(40-3)17-25(27)11-8-14-36(28)29(18-26-21-42-22-43-26)34(37)35-20-23-9-6-5-7-10-23/h5-7,9-10,12-13,16-17,19,21,28-29H,8,11,14-15,18,20,22H2,1-4H3,(H,35,37). The fourth-order valence-corrected chi connectivity index (χ4v) is 5.91. The predicted octanol–water partition coefficient (Wildman–Crippen LogP) is 5.17. The molecular formula is C34H40N2O7. The van der Waals surface area contributed by atoms with Crippen molar-refractivity contribution in [3.8, 4) is 23.0 Å². The minimum absolute atomic E-state index is 0.0681. The van der Waals surface area contributed by atoms with Gasteiger partial charge < -0.3 is 33.7 Å². The Morgan fingerprint density at radius 1 is 0.907 bits per heavy atom. The third-order valence-corrected chi connectivity index (χ3v) is 8.08. The number of hydrogen-bond donors (Lipinski definition) is 1. The van der Waals surface area contributed by atoms with E-state index in [2.05, 4.69) is 22.3 Å². The van der Waals surface area contributed by atoms with Crippen LogP contribution < -0.4 is 24.3 Å². The van der Waals surface area contributed by atoms with Gasteiger partial charge in [0.05, 0.1) is 34.5 Å². The predicted molar refractivity (Wildman–Crippen MR) is 162 cm³/mol. The Balaban J connectivity index is 1.56. The Morgan fingerprint density at radius 3 is 2.33 bits per heavy atom. The number of fused-ring (bicyclic) bond motifs is 1. The first-order valence-electron chi connectivity index (χ1n) is 14.5. The second-order valence-electron chi connectivity index (χ2n) is 10.6. The van der Waals surface area contributed by atoms with Gasteiger partial charge in [-0.05, 0) is 72.3 Å². The summed E-state index contributed by atoms with van der Waals surface area (Å²) in [4.78, 5) is 16.4. The van der Waals surface area contributed by atoms with Crippen molar-refractivity contribution in [2.75, 3.05) is 41.8 Å². The van der Waals surface area contributed by atoms with Gasteiger partial charge in [0.2, 0.25) is 12.7 Å². The maximum atomic E-state index is 14.1. The van der Waals surface area contributed by atoms with Crippen LogP contribution in [0.5, 0.6) is 23.0 Å². The maximum Gasteiger partial charge on any atom is 0.238 e. The van der Waals surface area contributed by atoms with Crippen LogP contribution in [0.4, 0.5) is 0 Å². The molecule has 2 aliphatic rings. The molecular weight excluding hydrogens is 548 g/mol. The van der Waals surface area contributed by atoms with Crippen molar-refractivity contribution in [1.82, 2.24) is 10.2 Å². The molecule has 9 heteroatoms. The highest BCUT2D eigenvalue weighted by atomic mass is 16.7. The number of rotatable bonds is 12. The zero-order valence-electron chi connectivity index (χ0n) is 25.3. The van der Waals surface area contributed by atoms with Crippen molar-refractivity contribution in [3.63, 3.8) is 0 Å². The van der Waals surface area contributed by atoms with Crippen LogP contribution in [0.25, 0.3) is 0 Å². The third-order valence-electron chi connectivity index (χ3n) is 8.08. The van der Waals surface area contributed by atoms with Crippen LogP contribution in [0.2, 0.25) is 0 Å². The fraction of sp³-hybridized carbons (Fsp3) is 0.382. The number of nitrogens with one attached hydrogen (secondary N) is 1. The van der Waals surface area contributed by atoms with Crippen molar-refractivity contribution < 1.29 is 33.2 Å². The first-order valence-corrected chi connectivity index (χ1v) is 14.5. The molecule has 2 heterocycles. The number of methoxy groups -OCH3 is 4. The molecule has 0 fully saturated rings. The lowest BCUT2D eigenvalue weighted by Gasteiger charge is -2.37. The van der Waals surface area contributed by atoms with Crippen molar-refractivity contribution in [2.45, 2.75) is 44.3 Å². The van der Waals surface area contributed by atoms with Crippen molar-refractivity contribution in [1.29, 1.82) is 0 Å². The number of ether oxygens (including phenoxy) is 6.